The average molecular weight is 423 g/mol. The van der Waals surface area contributed by atoms with Gasteiger partial charge in [0.15, 0.2) is 23.1 Å². The monoisotopic (exact) mass is 423 g/mol. The number of hydrogen-bond acceptors (Lipinski definition) is 9. The highest BCUT2D eigenvalue weighted by Gasteiger charge is 2.26. The molecule has 0 unspecified atom stereocenters. The molecule has 1 amide bonds. The van der Waals surface area contributed by atoms with E-state index in [0.717, 1.165) is 37.8 Å². The first kappa shape index (κ1) is 19.6. The van der Waals surface area contributed by atoms with Crippen molar-refractivity contribution >= 4 is 17.5 Å². The molecule has 10 nitrogen and oxygen atoms in total. The molecular formula is C21H25N7O3. The van der Waals surface area contributed by atoms with Gasteiger partial charge in [-0.2, -0.15) is 0 Å². The van der Waals surface area contributed by atoms with Gasteiger partial charge in [0, 0.05) is 58.4 Å². The predicted octanol–water partition coefficient (Wildman–Crippen LogP) is 1.44. The molecule has 2 aliphatic heterocycles. The second-order valence-electron chi connectivity index (χ2n) is 7.87. The first-order valence-corrected chi connectivity index (χ1v) is 10.5. The van der Waals surface area contributed by atoms with E-state index >= 15 is 0 Å². The van der Waals surface area contributed by atoms with E-state index in [4.69, 9.17) is 8.94 Å². The van der Waals surface area contributed by atoms with Gasteiger partial charge in [-0.05, 0) is 31.3 Å². The lowest BCUT2D eigenvalue weighted by Crippen LogP contribution is -2.49. The van der Waals surface area contributed by atoms with Crippen molar-refractivity contribution in [2.24, 2.45) is 0 Å². The predicted molar refractivity (Wildman–Crippen MR) is 114 cm³/mol. The van der Waals surface area contributed by atoms with Crippen LogP contribution in [0.1, 0.15) is 10.5 Å². The van der Waals surface area contributed by atoms with E-state index in [0.29, 0.717) is 37.7 Å². The number of hydrogen-bond donors (Lipinski definition) is 0. The summed E-state index contributed by atoms with van der Waals surface area (Å²) in [6.07, 6.45) is 1.55. The third kappa shape index (κ3) is 4.11. The van der Waals surface area contributed by atoms with Gasteiger partial charge in [0.1, 0.15) is 0 Å². The lowest BCUT2D eigenvalue weighted by atomic mass is 10.2. The first-order chi connectivity index (χ1) is 15.2. The van der Waals surface area contributed by atoms with Gasteiger partial charge in [-0.15, -0.1) is 10.2 Å². The fraction of sp³-hybridized carbons (Fsp3) is 0.429. The Kier molecular flexibility index (Phi) is 5.29. The summed E-state index contributed by atoms with van der Waals surface area (Å²) >= 11 is 0. The standard InChI is InChI=1S/C21H25N7O3/c1-25-6-8-26(9-7-25)19-4-5-20(23-22-19)27-10-12-28(13-11-27)21(29)16-15-18(31-24-16)17-3-2-14-30-17/h2-5,14-15H,6-13H2,1H3. The van der Waals surface area contributed by atoms with E-state index in [1.807, 2.05) is 12.1 Å². The zero-order valence-electron chi connectivity index (χ0n) is 17.5. The zero-order valence-corrected chi connectivity index (χ0v) is 17.5. The number of piperazine rings is 2. The van der Waals surface area contributed by atoms with E-state index in [9.17, 15) is 4.79 Å². The van der Waals surface area contributed by atoms with Crippen LogP contribution in [0.25, 0.3) is 11.5 Å². The van der Waals surface area contributed by atoms with Crippen molar-refractivity contribution in [1.82, 2.24) is 25.2 Å². The summed E-state index contributed by atoms with van der Waals surface area (Å²) in [4.78, 5) is 21.3. The molecule has 2 aliphatic rings. The van der Waals surface area contributed by atoms with Crippen LogP contribution in [0.2, 0.25) is 0 Å². The number of nitrogens with zero attached hydrogens (tertiary/aromatic N) is 7. The Hall–Kier alpha value is -3.40. The maximum absolute atomic E-state index is 12.8. The van der Waals surface area contributed by atoms with Crippen LogP contribution in [-0.2, 0) is 0 Å². The van der Waals surface area contributed by atoms with Gasteiger partial charge < -0.3 is 28.5 Å². The lowest BCUT2D eigenvalue weighted by Gasteiger charge is -2.35. The first-order valence-electron chi connectivity index (χ1n) is 10.5. The highest BCUT2D eigenvalue weighted by atomic mass is 16.5. The molecule has 3 aromatic heterocycles. The second kappa shape index (κ2) is 8.38. The number of likely N-dealkylation sites (N-methyl/N-ethyl adjacent to an activating group) is 1. The van der Waals surface area contributed by atoms with Crippen LogP contribution in [0.5, 0.6) is 0 Å². The largest absolute Gasteiger partial charge is 0.461 e. The zero-order chi connectivity index (χ0) is 21.2. The van der Waals surface area contributed by atoms with E-state index in [-0.39, 0.29) is 11.6 Å². The van der Waals surface area contributed by atoms with Crippen molar-refractivity contribution < 1.29 is 13.7 Å². The Labute approximate surface area is 180 Å². The second-order valence-corrected chi connectivity index (χ2v) is 7.87. The molecule has 162 valence electrons. The normalized spacial score (nSPS) is 17.9. The van der Waals surface area contributed by atoms with E-state index < -0.39 is 0 Å². The summed E-state index contributed by atoms with van der Waals surface area (Å²) in [5, 5.41) is 12.8. The van der Waals surface area contributed by atoms with E-state index in [1.165, 1.54) is 0 Å². The van der Waals surface area contributed by atoms with Crippen molar-refractivity contribution in [3.8, 4) is 11.5 Å². The lowest BCUT2D eigenvalue weighted by molar-refractivity contribution is 0.0736. The van der Waals surface area contributed by atoms with Crippen molar-refractivity contribution in [3.05, 3.63) is 42.3 Å². The van der Waals surface area contributed by atoms with E-state index in [1.54, 1.807) is 29.4 Å². The minimum Gasteiger partial charge on any atom is -0.461 e. The smallest absolute Gasteiger partial charge is 0.276 e. The van der Waals surface area contributed by atoms with Gasteiger partial charge >= 0.3 is 0 Å². The summed E-state index contributed by atoms with van der Waals surface area (Å²) in [7, 11) is 2.14. The molecule has 5 rings (SSSR count). The van der Waals surface area contributed by atoms with Crippen LogP contribution in [0.3, 0.4) is 0 Å². The molecule has 0 spiro atoms. The van der Waals surface area contributed by atoms with Gasteiger partial charge in [0.25, 0.3) is 5.91 Å². The van der Waals surface area contributed by atoms with Crippen LogP contribution in [0, 0.1) is 0 Å². The van der Waals surface area contributed by atoms with Gasteiger partial charge in [0.05, 0.1) is 6.26 Å². The number of aromatic nitrogens is 3. The van der Waals surface area contributed by atoms with E-state index in [2.05, 4.69) is 37.1 Å². The van der Waals surface area contributed by atoms with Crippen molar-refractivity contribution in [3.63, 3.8) is 0 Å². The Morgan fingerprint density at radius 1 is 0.871 bits per heavy atom. The van der Waals surface area contributed by atoms with Crippen molar-refractivity contribution in [2.75, 3.05) is 69.2 Å². The van der Waals surface area contributed by atoms with Gasteiger partial charge in [-0.3, -0.25) is 4.79 Å². The molecule has 2 fully saturated rings. The Morgan fingerprint density at radius 3 is 2.10 bits per heavy atom. The third-order valence-electron chi connectivity index (χ3n) is 5.85. The summed E-state index contributed by atoms with van der Waals surface area (Å²) in [6.45, 7) is 6.56. The maximum atomic E-state index is 12.8. The van der Waals surface area contributed by atoms with Crippen LogP contribution in [0.15, 0.2) is 45.5 Å². The topological polar surface area (TPSA) is 95.0 Å². The van der Waals surface area contributed by atoms with Gasteiger partial charge in [-0.1, -0.05) is 5.16 Å². The highest BCUT2D eigenvalue weighted by molar-refractivity contribution is 5.93. The molecule has 0 saturated carbocycles. The number of amides is 1. The number of carbonyl (C=O) groups is 1. The Balaban J connectivity index is 1.17. The maximum Gasteiger partial charge on any atom is 0.276 e. The molecule has 0 aromatic carbocycles. The number of anilines is 2. The summed E-state index contributed by atoms with van der Waals surface area (Å²) in [5.74, 6) is 2.62. The summed E-state index contributed by atoms with van der Waals surface area (Å²) < 4.78 is 10.5. The molecular weight excluding hydrogens is 398 g/mol. The van der Waals surface area contributed by atoms with Crippen LogP contribution in [-0.4, -0.2) is 90.5 Å². The number of rotatable bonds is 4. The quantitative estimate of drug-likeness (QED) is 0.618. The van der Waals surface area contributed by atoms with Crippen molar-refractivity contribution in [1.29, 1.82) is 0 Å². The molecule has 5 heterocycles. The van der Waals surface area contributed by atoms with Gasteiger partial charge in [0.2, 0.25) is 5.76 Å². The summed E-state index contributed by atoms with van der Waals surface area (Å²) in [6, 6.07) is 9.21. The third-order valence-corrected chi connectivity index (χ3v) is 5.85. The van der Waals surface area contributed by atoms with Crippen LogP contribution in [0.4, 0.5) is 11.6 Å². The molecule has 2 saturated heterocycles. The molecule has 0 radical (unpaired) electrons. The summed E-state index contributed by atoms with van der Waals surface area (Å²) in [5.41, 5.74) is 0.288. The molecule has 0 N–H and O–H groups in total. The number of furan rings is 1. The molecule has 0 bridgehead atoms. The fourth-order valence-corrected chi connectivity index (χ4v) is 3.90. The SMILES string of the molecule is CN1CCN(c2ccc(N3CCN(C(=O)c4cc(-c5ccco5)on4)CC3)nn2)CC1. The fourth-order valence-electron chi connectivity index (χ4n) is 3.90. The molecule has 0 atom stereocenters. The Bertz CT molecular complexity index is 1000. The minimum atomic E-state index is -0.141. The average Bonchev–Trinajstić information content (AvgIpc) is 3.52. The molecule has 3 aromatic rings. The van der Waals surface area contributed by atoms with Crippen molar-refractivity contribution in [2.45, 2.75) is 0 Å². The minimum absolute atomic E-state index is 0.141. The number of carbonyl (C=O) groups excluding carboxylic acids is 1. The molecule has 0 aliphatic carbocycles. The Morgan fingerprint density at radius 2 is 1.52 bits per heavy atom. The van der Waals surface area contributed by atoms with Crippen LogP contribution >= 0.6 is 0 Å². The molecule has 31 heavy (non-hydrogen) atoms. The highest BCUT2D eigenvalue weighted by Crippen LogP contribution is 2.22. The van der Waals surface area contributed by atoms with Gasteiger partial charge in [-0.25, -0.2) is 0 Å². The molecule has 10 heteroatoms. The van der Waals surface area contributed by atoms with Crippen LogP contribution < -0.4 is 9.80 Å².